The van der Waals surface area contributed by atoms with E-state index < -0.39 is 105 Å². The first-order valence-electron chi connectivity index (χ1n) is 10.6. The van der Waals surface area contributed by atoms with Gasteiger partial charge in [-0.05, 0) is 0 Å². The van der Waals surface area contributed by atoms with Crippen molar-refractivity contribution in [2.75, 3.05) is 14.2 Å². The van der Waals surface area contributed by atoms with Crippen molar-refractivity contribution in [3.63, 3.8) is 0 Å². The topological polar surface area (TPSA) is 27.7 Å². The van der Waals surface area contributed by atoms with Gasteiger partial charge in [-0.2, -0.15) is 0 Å². The van der Waals surface area contributed by atoms with Crippen LogP contribution in [0.1, 0.15) is 53.4 Å². The van der Waals surface area contributed by atoms with E-state index in [1.807, 2.05) is 0 Å². The molecule has 0 amide bonds. The maximum absolute atomic E-state index is 15.3. The predicted molar refractivity (Wildman–Crippen MR) is 107 cm³/mol. The fraction of sp³-hybridized carbons (Fsp3) is 1.00. The molecule has 4 atom stereocenters. The number of hydrogen-bond acceptors (Lipinski definition) is 3. The molecule has 0 saturated heterocycles. The van der Waals surface area contributed by atoms with Crippen molar-refractivity contribution in [2.45, 2.75) is 93.8 Å². The van der Waals surface area contributed by atoms with Gasteiger partial charge in [0.15, 0.2) is 0 Å². The SMILES string of the molecule is CCC(F)[C](F)(F)[Sn]([O]C)([O][Sn]([O]C)([C](F)(F)C(F)CC)[C](F)(F)C(F)CC)[C](F)(F)C(F)CC. The van der Waals surface area contributed by atoms with Crippen LogP contribution in [0.15, 0.2) is 0 Å². The van der Waals surface area contributed by atoms with Crippen LogP contribution in [0.25, 0.3) is 0 Å². The molecule has 0 N–H and O–H groups in total. The first-order valence-corrected chi connectivity index (χ1v) is 21.0. The Morgan fingerprint density at radius 3 is 0.771 bits per heavy atom. The van der Waals surface area contributed by atoms with Gasteiger partial charge in [0, 0.05) is 0 Å². The molecule has 0 rings (SSSR count). The molecule has 4 unspecified atom stereocenters. The van der Waals surface area contributed by atoms with E-state index in [1.165, 1.54) is 0 Å². The third-order valence-electron chi connectivity index (χ3n) is 5.62. The molecule has 0 fully saturated rings. The molecule has 212 valence electrons. The van der Waals surface area contributed by atoms with Crippen LogP contribution in [0.2, 0.25) is 0 Å². The number of alkyl halides is 12. The van der Waals surface area contributed by atoms with Gasteiger partial charge in [0.2, 0.25) is 0 Å². The van der Waals surface area contributed by atoms with Crippen molar-refractivity contribution < 1.29 is 60.2 Å². The van der Waals surface area contributed by atoms with Gasteiger partial charge in [0.1, 0.15) is 0 Å². The summed E-state index contributed by atoms with van der Waals surface area (Å²) in [7, 11) is 0.0372. The molecule has 0 aromatic rings. The molecule has 0 spiro atoms. The summed E-state index contributed by atoms with van der Waals surface area (Å²) in [6.45, 7) is 2.87. The average Bonchev–Trinajstić information content (AvgIpc) is 2.81. The zero-order valence-corrected chi connectivity index (χ0v) is 25.6. The Morgan fingerprint density at radius 1 is 0.486 bits per heavy atom. The first kappa shape index (κ1) is 35.6. The van der Waals surface area contributed by atoms with E-state index in [4.69, 9.17) is 0 Å². The third-order valence-corrected chi connectivity index (χ3v) is 35.2. The van der Waals surface area contributed by atoms with Gasteiger partial charge < -0.3 is 0 Å². The summed E-state index contributed by atoms with van der Waals surface area (Å²) in [5, 5.41) is 0. The summed E-state index contributed by atoms with van der Waals surface area (Å²) in [5.74, 6) is 0. The molecule has 35 heavy (non-hydrogen) atoms. The number of rotatable bonds is 16. The molecule has 0 saturated carbocycles. The molecule has 17 heteroatoms. The zero-order valence-electron chi connectivity index (χ0n) is 19.9. The number of halogens is 12. The average molecular weight is 760 g/mol. The van der Waals surface area contributed by atoms with Crippen LogP contribution in [0.4, 0.5) is 52.7 Å². The second-order valence-corrected chi connectivity index (χ2v) is 29.2. The summed E-state index contributed by atoms with van der Waals surface area (Å²) in [6, 6.07) is 0. The third kappa shape index (κ3) is 5.67. The van der Waals surface area contributed by atoms with Crippen molar-refractivity contribution in [3.05, 3.63) is 0 Å². The van der Waals surface area contributed by atoms with Crippen LogP contribution in [-0.4, -0.2) is 93.1 Å². The molecule has 0 heterocycles. The summed E-state index contributed by atoms with van der Waals surface area (Å²) in [6.07, 6.45) is -19.6. The van der Waals surface area contributed by atoms with Crippen molar-refractivity contribution >= 4 is 38.4 Å². The first-order chi connectivity index (χ1) is 15.8. The van der Waals surface area contributed by atoms with Crippen molar-refractivity contribution in [1.82, 2.24) is 0 Å². The predicted octanol–water partition coefficient (Wildman–Crippen LogP) is 6.87. The Balaban J connectivity index is 7.82. The Hall–Kier alpha value is 0.637. The van der Waals surface area contributed by atoms with Crippen LogP contribution in [-0.2, 0) is 7.56 Å². The Kier molecular flexibility index (Phi) is 12.9. The molecule has 3 nitrogen and oxygen atoms in total. The fourth-order valence-electron chi connectivity index (χ4n) is 3.40. The molecule has 0 aromatic carbocycles. The Labute approximate surface area is 206 Å². The van der Waals surface area contributed by atoms with Crippen molar-refractivity contribution in [1.29, 1.82) is 0 Å². The minimum absolute atomic E-state index is 0.0186. The summed E-state index contributed by atoms with van der Waals surface area (Å²) >= 11 is -17.4. The van der Waals surface area contributed by atoms with Gasteiger partial charge in [-0.15, -0.1) is 0 Å². The standard InChI is InChI=1S/4C4H6F3.2CH3O.O.2Sn/c4*1-2-3(5)4(6)7;2*1-2;;;/h4*3H,2H2,1H3;2*1H3;;;/q;;;;2*-1;;2*+1. The summed E-state index contributed by atoms with van der Waals surface area (Å²) in [5.41, 5.74) is 0. The fourth-order valence-corrected chi connectivity index (χ4v) is 40.6. The molecular formula is C18H30F12O3Sn2. The van der Waals surface area contributed by atoms with E-state index in [0.717, 1.165) is 27.7 Å². The van der Waals surface area contributed by atoms with Gasteiger partial charge in [0.25, 0.3) is 0 Å². The quantitative estimate of drug-likeness (QED) is 0.127. The Morgan fingerprint density at radius 2 is 0.657 bits per heavy atom. The molecule has 0 aromatic heterocycles. The van der Waals surface area contributed by atoms with E-state index in [1.54, 1.807) is 0 Å². The van der Waals surface area contributed by atoms with Crippen LogP contribution in [0.3, 0.4) is 0 Å². The van der Waals surface area contributed by atoms with Crippen LogP contribution in [0.5, 0.6) is 0 Å². The van der Waals surface area contributed by atoms with Crippen LogP contribution in [0, 0.1) is 0 Å². The number of hydrogen-bond donors (Lipinski definition) is 0. The normalized spacial score (nSPS) is 21.1. The van der Waals surface area contributed by atoms with Gasteiger partial charge in [-0.1, -0.05) is 0 Å². The maximum atomic E-state index is 15.3. The van der Waals surface area contributed by atoms with Crippen LogP contribution >= 0.6 is 0 Å². The van der Waals surface area contributed by atoms with Crippen molar-refractivity contribution in [2.24, 2.45) is 0 Å². The molecule has 0 aliphatic rings. The summed E-state index contributed by atoms with van der Waals surface area (Å²) < 4.78 is 170. The monoisotopic (exact) mass is 762 g/mol. The zero-order chi connectivity index (χ0) is 28.3. The van der Waals surface area contributed by atoms with E-state index in [-0.39, 0.29) is 14.2 Å². The van der Waals surface area contributed by atoms with E-state index in [9.17, 15) is 17.6 Å². The molecule has 0 aliphatic heterocycles. The van der Waals surface area contributed by atoms with Crippen molar-refractivity contribution in [3.8, 4) is 0 Å². The minimum atomic E-state index is -8.72. The molecular weight excluding hydrogens is 730 g/mol. The molecule has 0 bridgehead atoms. The van der Waals surface area contributed by atoms with Crippen LogP contribution < -0.4 is 0 Å². The van der Waals surface area contributed by atoms with E-state index >= 15 is 35.1 Å². The second kappa shape index (κ2) is 12.7. The van der Waals surface area contributed by atoms with Gasteiger partial charge >= 0.3 is 207 Å². The van der Waals surface area contributed by atoms with E-state index in [2.05, 4.69) is 7.56 Å². The Bertz CT molecular complexity index is 573. The second-order valence-electron chi connectivity index (χ2n) is 7.74. The van der Waals surface area contributed by atoms with Gasteiger partial charge in [-0.3, -0.25) is 0 Å². The van der Waals surface area contributed by atoms with Gasteiger partial charge in [-0.25, -0.2) is 0 Å². The van der Waals surface area contributed by atoms with Gasteiger partial charge in [0.05, 0.1) is 0 Å². The molecule has 0 aliphatic carbocycles. The molecule has 0 radical (unpaired) electrons. The summed E-state index contributed by atoms with van der Waals surface area (Å²) in [4.78, 5) is 0. The van der Waals surface area contributed by atoms with E-state index in [0.29, 0.717) is 0 Å².